The van der Waals surface area contributed by atoms with Gasteiger partial charge in [0.2, 0.25) is 0 Å². The first-order chi connectivity index (χ1) is 16.6. The predicted molar refractivity (Wildman–Crippen MR) is 129 cm³/mol. The van der Waals surface area contributed by atoms with E-state index >= 15 is 0 Å². The monoisotopic (exact) mass is 459 g/mol. The Hall–Kier alpha value is -3.49. The lowest BCUT2D eigenvalue weighted by Crippen LogP contribution is -2.30. The van der Waals surface area contributed by atoms with E-state index in [1.165, 1.54) is 18.3 Å². The Bertz CT molecular complexity index is 1360. The van der Waals surface area contributed by atoms with Gasteiger partial charge in [-0.1, -0.05) is 0 Å². The molecule has 2 aromatic carbocycles. The van der Waals surface area contributed by atoms with Gasteiger partial charge in [-0.25, -0.2) is 4.39 Å². The fourth-order valence-electron chi connectivity index (χ4n) is 5.08. The van der Waals surface area contributed by atoms with Crippen molar-refractivity contribution >= 4 is 22.8 Å². The molecule has 0 saturated carbocycles. The molecule has 7 nitrogen and oxygen atoms in total. The number of nitrogens with one attached hydrogen (secondary N) is 1. The van der Waals surface area contributed by atoms with E-state index in [1.54, 1.807) is 12.1 Å². The van der Waals surface area contributed by atoms with E-state index in [4.69, 9.17) is 20.6 Å². The summed E-state index contributed by atoms with van der Waals surface area (Å²) in [6.07, 6.45) is 7.05. The number of nitrogens with zero attached hydrogens (tertiary/aromatic N) is 3. The molecule has 4 heterocycles. The van der Waals surface area contributed by atoms with Crippen LogP contribution in [0, 0.1) is 11.2 Å². The number of aromatic nitrogens is 3. The summed E-state index contributed by atoms with van der Waals surface area (Å²) in [5.41, 5.74) is 12.6. The minimum Gasteiger partial charge on any atom is -0.398 e. The Balaban J connectivity index is 1.67. The van der Waals surface area contributed by atoms with Crippen LogP contribution in [0.5, 0.6) is 0 Å². The predicted octanol–water partition coefficient (Wildman–Crippen LogP) is 4.68. The molecule has 4 aromatic rings. The Morgan fingerprint density at radius 3 is 2.53 bits per heavy atom. The molecule has 0 atom stereocenters. The maximum Gasteiger partial charge on any atom is 0.123 e. The fourth-order valence-corrected chi connectivity index (χ4v) is 5.08. The number of nitrogens with two attached hydrogens (primary N) is 1. The van der Waals surface area contributed by atoms with Gasteiger partial charge in [0, 0.05) is 70.7 Å². The van der Waals surface area contributed by atoms with Crippen molar-refractivity contribution in [2.45, 2.75) is 24.8 Å². The lowest BCUT2D eigenvalue weighted by Gasteiger charge is -2.26. The van der Waals surface area contributed by atoms with Crippen molar-refractivity contribution in [1.29, 1.82) is 5.41 Å². The minimum atomic E-state index is -0.276. The van der Waals surface area contributed by atoms with Gasteiger partial charge in [-0.2, -0.15) is 5.10 Å². The zero-order valence-corrected chi connectivity index (χ0v) is 18.7. The summed E-state index contributed by atoms with van der Waals surface area (Å²) in [4.78, 5) is 0. The molecule has 174 valence electrons. The van der Waals surface area contributed by atoms with Crippen LogP contribution in [0.2, 0.25) is 0 Å². The highest BCUT2D eigenvalue weighted by molar-refractivity contribution is 6.04. The van der Waals surface area contributed by atoms with Crippen LogP contribution >= 0.6 is 0 Å². The second-order valence-electron chi connectivity index (χ2n) is 9.00. The van der Waals surface area contributed by atoms with Crippen molar-refractivity contribution in [3.63, 3.8) is 0 Å². The van der Waals surface area contributed by atoms with Gasteiger partial charge in [-0.3, -0.25) is 4.68 Å². The van der Waals surface area contributed by atoms with Gasteiger partial charge < -0.3 is 25.2 Å². The maximum atomic E-state index is 13.8. The Labute approximate surface area is 196 Å². The molecule has 2 aliphatic heterocycles. The van der Waals surface area contributed by atoms with Gasteiger partial charge in [-0.05, 0) is 49.2 Å². The van der Waals surface area contributed by atoms with Gasteiger partial charge in [0.05, 0.1) is 31.0 Å². The third-order valence-electron chi connectivity index (χ3n) is 6.94. The molecule has 34 heavy (non-hydrogen) atoms. The van der Waals surface area contributed by atoms with E-state index in [1.807, 2.05) is 23.0 Å². The van der Waals surface area contributed by atoms with Crippen LogP contribution in [-0.4, -0.2) is 47.0 Å². The standard InChI is InChI=1S/C26H26FN5O2/c27-19-1-3-20(4-2-19)32-24-9-17(11-28)23(29)10-22(24)25(26(32)16-5-7-33-8-6-16)18-12-30-31(13-18)21-14-34-15-21/h1-4,9-13,16,21,28H,5-8,14-15,29H2. The molecule has 0 aliphatic carbocycles. The molecule has 0 amide bonds. The van der Waals surface area contributed by atoms with Crippen molar-refractivity contribution in [1.82, 2.24) is 14.3 Å². The zero-order chi connectivity index (χ0) is 23.2. The summed E-state index contributed by atoms with van der Waals surface area (Å²) in [6, 6.07) is 10.7. The molecule has 6 rings (SSSR count). The van der Waals surface area contributed by atoms with Gasteiger partial charge in [-0.15, -0.1) is 0 Å². The van der Waals surface area contributed by atoms with Gasteiger partial charge in [0.15, 0.2) is 0 Å². The Morgan fingerprint density at radius 1 is 1.09 bits per heavy atom. The highest BCUT2D eigenvalue weighted by Crippen LogP contribution is 2.44. The second-order valence-corrected chi connectivity index (χ2v) is 9.00. The van der Waals surface area contributed by atoms with Crippen molar-refractivity contribution < 1.29 is 13.9 Å². The zero-order valence-electron chi connectivity index (χ0n) is 18.7. The topological polar surface area (TPSA) is 91.1 Å². The average Bonchev–Trinajstić information content (AvgIpc) is 3.41. The number of nitrogen functional groups attached to an aromatic ring is 1. The number of halogens is 1. The number of anilines is 1. The van der Waals surface area contributed by atoms with Crippen LogP contribution in [0.1, 0.15) is 36.1 Å². The first-order valence-corrected chi connectivity index (χ1v) is 11.6. The van der Waals surface area contributed by atoms with E-state index in [9.17, 15) is 4.39 Å². The summed E-state index contributed by atoms with van der Waals surface area (Å²) in [5, 5.41) is 13.5. The molecule has 2 aliphatic rings. The van der Waals surface area contributed by atoms with Crippen molar-refractivity contribution in [2.24, 2.45) is 0 Å². The summed E-state index contributed by atoms with van der Waals surface area (Å²) >= 11 is 0. The van der Waals surface area contributed by atoms with E-state index in [-0.39, 0.29) is 17.8 Å². The number of rotatable bonds is 5. The third kappa shape index (κ3) is 3.41. The molecule has 0 bridgehead atoms. The Morgan fingerprint density at radius 2 is 1.85 bits per heavy atom. The normalized spacial score (nSPS) is 17.2. The first-order valence-electron chi connectivity index (χ1n) is 11.6. The van der Waals surface area contributed by atoms with Crippen LogP contribution < -0.4 is 5.73 Å². The summed E-state index contributed by atoms with van der Waals surface area (Å²) in [5.74, 6) is -0.0253. The molecular weight excluding hydrogens is 433 g/mol. The van der Waals surface area contributed by atoms with Gasteiger partial charge in [0.25, 0.3) is 0 Å². The number of ether oxygens (including phenoxy) is 2. The third-order valence-corrected chi connectivity index (χ3v) is 6.94. The van der Waals surface area contributed by atoms with E-state index in [2.05, 4.69) is 15.9 Å². The summed E-state index contributed by atoms with van der Waals surface area (Å²) in [6.45, 7) is 2.73. The smallest absolute Gasteiger partial charge is 0.123 e. The fraction of sp³-hybridized carbons (Fsp3) is 0.308. The summed E-state index contributed by atoms with van der Waals surface area (Å²) < 4.78 is 29.1. The number of fused-ring (bicyclic) bond motifs is 1. The van der Waals surface area contributed by atoms with Crippen LogP contribution in [0.4, 0.5) is 10.1 Å². The van der Waals surface area contributed by atoms with Crippen LogP contribution in [-0.2, 0) is 9.47 Å². The van der Waals surface area contributed by atoms with Crippen molar-refractivity contribution in [2.75, 3.05) is 32.2 Å². The molecule has 0 radical (unpaired) electrons. The molecule has 0 unspecified atom stereocenters. The number of hydrogen-bond acceptors (Lipinski definition) is 5. The first kappa shape index (κ1) is 21.1. The lowest BCUT2D eigenvalue weighted by atomic mass is 9.90. The van der Waals surface area contributed by atoms with E-state index in [0.717, 1.165) is 46.3 Å². The largest absolute Gasteiger partial charge is 0.398 e. The number of hydrogen-bond donors (Lipinski definition) is 2. The molecule has 2 fully saturated rings. The van der Waals surface area contributed by atoms with Crippen LogP contribution in [0.25, 0.3) is 27.7 Å². The van der Waals surface area contributed by atoms with E-state index < -0.39 is 0 Å². The van der Waals surface area contributed by atoms with Gasteiger partial charge >= 0.3 is 0 Å². The molecular formula is C26H26FN5O2. The van der Waals surface area contributed by atoms with E-state index in [0.29, 0.717) is 37.7 Å². The average molecular weight is 460 g/mol. The van der Waals surface area contributed by atoms with Crippen molar-refractivity contribution in [3.05, 3.63) is 65.9 Å². The maximum absolute atomic E-state index is 13.8. The Kier molecular flexibility index (Phi) is 5.19. The SMILES string of the molecule is N=Cc1cc2c(cc1N)c(-c1cnn(C3COC3)c1)c(C1CCOCC1)n2-c1ccc(F)cc1. The van der Waals surface area contributed by atoms with Crippen LogP contribution in [0.15, 0.2) is 48.8 Å². The molecule has 2 saturated heterocycles. The quantitative estimate of drug-likeness (QED) is 0.335. The minimum absolute atomic E-state index is 0.250. The second kappa shape index (κ2) is 8.38. The van der Waals surface area contributed by atoms with Gasteiger partial charge in [0.1, 0.15) is 5.82 Å². The molecule has 8 heteroatoms. The lowest BCUT2D eigenvalue weighted by molar-refractivity contribution is -0.0286. The highest BCUT2D eigenvalue weighted by Gasteiger charge is 2.30. The molecule has 3 N–H and O–H groups in total. The molecule has 0 spiro atoms. The molecule has 2 aromatic heterocycles. The van der Waals surface area contributed by atoms with Crippen molar-refractivity contribution in [3.8, 4) is 16.8 Å². The number of benzene rings is 2. The summed E-state index contributed by atoms with van der Waals surface area (Å²) in [7, 11) is 0. The highest BCUT2D eigenvalue weighted by atomic mass is 19.1. The van der Waals surface area contributed by atoms with Crippen LogP contribution in [0.3, 0.4) is 0 Å².